The molecule has 0 amide bonds. The number of methoxy groups -OCH3 is 2. The molecule has 4 rings (SSSR count). The van der Waals surface area contributed by atoms with Crippen molar-refractivity contribution in [1.82, 2.24) is 0 Å². The Labute approximate surface area is 197 Å². The Morgan fingerprint density at radius 2 is 1.71 bits per heavy atom. The van der Waals surface area contributed by atoms with Gasteiger partial charge < -0.3 is 29.2 Å². The van der Waals surface area contributed by atoms with Gasteiger partial charge in [0, 0.05) is 16.0 Å². The van der Waals surface area contributed by atoms with E-state index in [0.29, 0.717) is 17.1 Å². The molecule has 34 heavy (non-hydrogen) atoms. The molecule has 10 heteroatoms. The van der Waals surface area contributed by atoms with E-state index in [9.17, 15) is 24.6 Å². The highest BCUT2D eigenvalue weighted by Crippen LogP contribution is 2.42. The van der Waals surface area contributed by atoms with Crippen molar-refractivity contribution in [2.24, 2.45) is 0 Å². The zero-order chi connectivity index (χ0) is 24.5. The van der Waals surface area contributed by atoms with Crippen LogP contribution in [0.1, 0.15) is 15.9 Å². The molecule has 1 aliphatic rings. The molecule has 0 fully saturated rings. The van der Waals surface area contributed by atoms with Gasteiger partial charge in [-0.25, -0.2) is 9.59 Å². The van der Waals surface area contributed by atoms with Gasteiger partial charge in [-0.05, 0) is 53.4 Å². The van der Waals surface area contributed by atoms with Gasteiger partial charge in [0.1, 0.15) is 0 Å². The monoisotopic (exact) mass is 482 g/mol. The van der Waals surface area contributed by atoms with Crippen molar-refractivity contribution in [3.05, 3.63) is 65.0 Å². The van der Waals surface area contributed by atoms with E-state index < -0.39 is 23.5 Å². The second-order valence-corrected chi connectivity index (χ2v) is 8.02. The number of hydrogen-bond acceptors (Lipinski definition) is 8. The summed E-state index contributed by atoms with van der Waals surface area (Å²) in [6.45, 7) is 0. The average Bonchev–Trinajstić information content (AvgIpc) is 3.50. The van der Waals surface area contributed by atoms with E-state index in [0.717, 1.165) is 10.4 Å². The van der Waals surface area contributed by atoms with Gasteiger partial charge in [-0.3, -0.25) is 4.79 Å². The van der Waals surface area contributed by atoms with Crippen molar-refractivity contribution in [2.45, 2.75) is 5.79 Å². The van der Waals surface area contributed by atoms with Gasteiger partial charge in [0.15, 0.2) is 28.8 Å². The Bertz CT molecular complexity index is 1290. The fraction of sp³-hybridized carbons (Fsp3) is 0.125. The molecular weight excluding hydrogens is 464 g/mol. The molecule has 2 heterocycles. The van der Waals surface area contributed by atoms with Gasteiger partial charge in [0.05, 0.1) is 14.2 Å². The van der Waals surface area contributed by atoms with Gasteiger partial charge in [0.25, 0.3) is 0 Å². The molecule has 0 bridgehead atoms. The third-order valence-electron chi connectivity index (χ3n) is 5.01. The maximum absolute atomic E-state index is 12.8. The molecule has 9 nitrogen and oxygen atoms in total. The van der Waals surface area contributed by atoms with Gasteiger partial charge in [-0.2, -0.15) is 0 Å². The van der Waals surface area contributed by atoms with E-state index in [1.54, 1.807) is 19.3 Å². The second kappa shape index (κ2) is 8.91. The number of carboxylic acid groups (broad SMARTS) is 2. The predicted octanol–water partition coefficient (Wildman–Crippen LogP) is 3.97. The molecule has 1 aliphatic heterocycles. The largest absolute Gasteiger partial charge is 0.493 e. The number of allylic oxidation sites excluding steroid dienone is 1. The van der Waals surface area contributed by atoms with Crippen molar-refractivity contribution >= 4 is 35.1 Å². The number of ketones is 1. The molecule has 1 aromatic heterocycles. The van der Waals surface area contributed by atoms with Crippen LogP contribution in [-0.4, -0.2) is 47.9 Å². The molecule has 174 valence electrons. The number of fused-ring (bicyclic) bond motifs is 1. The van der Waals surface area contributed by atoms with Crippen molar-refractivity contribution in [3.8, 4) is 33.4 Å². The topological polar surface area (TPSA) is 129 Å². The summed E-state index contributed by atoms with van der Waals surface area (Å²) < 4.78 is 21.0. The van der Waals surface area contributed by atoms with Crippen LogP contribution in [0.25, 0.3) is 16.5 Å². The summed E-state index contributed by atoms with van der Waals surface area (Å²) in [5.74, 6) is -6.12. The summed E-state index contributed by atoms with van der Waals surface area (Å²) in [5.41, 5.74) is 1.65. The minimum atomic E-state index is -2.89. The molecule has 2 aromatic carbocycles. The minimum Gasteiger partial charge on any atom is -0.493 e. The standard InChI is InChI=1S/C24H18O9S/c1-30-19-11-13(10-15(21(19)31-2)20-4-3-9-34-20)5-7-16(25)14-6-8-17-18(12-14)33-24(32-17,22(26)27)23(28)29/h3-12H,1-2H3,(H,26,27)(H,28,29)/b7-5+. The molecule has 2 N–H and O–H groups in total. The van der Waals surface area contributed by atoms with Gasteiger partial charge >= 0.3 is 17.7 Å². The van der Waals surface area contributed by atoms with E-state index >= 15 is 0 Å². The number of carbonyl (C=O) groups excluding carboxylic acids is 1. The summed E-state index contributed by atoms with van der Waals surface area (Å²) in [6, 6.07) is 11.4. The summed E-state index contributed by atoms with van der Waals surface area (Å²) in [5, 5.41) is 20.4. The van der Waals surface area contributed by atoms with Crippen molar-refractivity contribution in [2.75, 3.05) is 14.2 Å². The Balaban J connectivity index is 1.62. The summed E-state index contributed by atoms with van der Waals surface area (Å²) in [7, 11) is 3.08. The van der Waals surface area contributed by atoms with Crippen LogP contribution in [0.4, 0.5) is 0 Å². The van der Waals surface area contributed by atoms with Gasteiger partial charge in [-0.15, -0.1) is 11.3 Å². The first kappa shape index (κ1) is 22.9. The maximum atomic E-state index is 12.8. The molecular formula is C24H18O9S. The van der Waals surface area contributed by atoms with E-state index in [-0.39, 0.29) is 17.1 Å². The number of benzene rings is 2. The van der Waals surface area contributed by atoms with Crippen LogP contribution < -0.4 is 18.9 Å². The lowest BCUT2D eigenvalue weighted by Gasteiger charge is -2.16. The lowest BCUT2D eigenvalue weighted by molar-refractivity contribution is -0.194. The average molecular weight is 482 g/mol. The summed E-state index contributed by atoms with van der Waals surface area (Å²) in [4.78, 5) is 36.5. The molecule has 0 radical (unpaired) electrons. The molecule has 3 aromatic rings. The number of aliphatic carboxylic acids is 2. The smallest absolute Gasteiger partial charge is 0.453 e. The highest BCUT2D eigenvalue weighted by Gasteiger charge is 2.57. The van der Waals surface area contributed by atoms with Crippen LogP contribution in [-0.2, 0) is 9.59 Å². The maximum Gasteiger partial charge on any atom is 0.453 e. The van der Waals surface area contributed by atoms with Crippen LogP contribution >= 0.6 is 11.3 Å². The van der Waals surface area contributed by atoms with E-state index in [2.05, 4.69) is 0 Å². The number of carboxylic acids is 2. The minimum absolute atomic E-state index is 0.0918. The van der Waals surface area contributed by atoms with Crippen molar-refractivity contribution in [3.63, 3.8) is 0 Å². The van der Waals surface area contributed by atoms with Gasteiger partial charge in [-0.1, -0.05) is 12.1 Å². The van der Waals surface area contributed by atoms with E-state index in [1.807, 2.05) is 23.6 Å². The third kappa shape index (κ3) is 3.95. The Kier molecular flexibility index (Phi) is 5.99. The fourth-order valence-electron chi connectivity index (χ4n) is 3.39. The number of rotatable bonds is 8. The van der Waals surface area contributed by atoms with Gasteiger partial charge in [0.2, 0.25) is 0 Å². The molecule has 0 saturated carbocycles. The first-order valence-corrected chi connectivity index (χ1v) is 10.7. The molecule has 0 unspecified atom stereocenters. The second-order valence-electron chi connectivity index (χ2n) is 7.07. The first-order valence-electron chi connectivity index (χ1n) is 9.80. The van der Waals surface area contributed by atoms with E-state index in [4.69, 9.17) is 18.9 Å². The molecule has 0 atom stereocenters. The molecule has 0 spiro atoms. The predicted molar refractivity (Wildman–Crippen MR) is 122 cm³/mol. The Hall–Kier alpha value is -4.31. The van der Waals surface area contributed by atoms with Crippen LogP contribution in [0.5, 0.6) is 23.0 Å². The molecule has 0 aliphatic carbocycles. The zero-order valence-electron chi connectivity index (χ0n) is 17.9. The van der Waals surface area contributed by atoms with E-state index in [1.165, 1.54) is 42.7 Å². The number of carbonyl (C=O) groups is 3. The SMILES string of the molecule is COc1cc(/C=C/C(=O)c2ccc3c(c2)OC(C(=O)O)(C(=O)O)O3)cc(-c2cccs2)c1OC. The van der Waals surface area contributed by atoms with Crippen LogP contribution in [0.3, 0.4) is 0 Å². The molecule has 0 saturated heterocycles. The highest BCUT2D eigenvalue weighted by molar-refractivity contribution is 7.13. The number of hydrogen-bond donors (Lipinski definition) is 2. The van der Waals surface area contributed by atoms with Crippen molar-refractivity contribution in [1.29, 1.82) is 0 Å². The van der Waals surface area contributed by atoms with Crippen LogP contribution in [0, 0.1) is 0 Å². The van der Waals surface area contributed by atoms with Crippen LogP contribution in [0.2, 0.25) is 0 Å². The highest BCUT2D eigenvalue weighted by atomic mass is 32.1. The Morgan fingerprint density at radius 3 is 2.32 bits per heavy atom. The lowest BCUT2D eigenvalue weighted by atomic mass is 10.0. The summed E-state index contributed by atoms with van der Waals surface area (Å²) >= 11 is 1.53. The first-order chi connectivity index (χ1) is 16.3. The lowest BCUT2D eigenvalue weighted by Crippen LogP contribution is -2.54. The summed E-state index contributed by atoms with van der Waals surface area (Å²) in [6.07, 6.45) is 2.93. The number of thiophene rings is 1. The zero-order valence-corrected chi connectivity index (χ0v) is 18.8. The normalized spacial score (nSPS) is 13.6. The fourth-order valence-corrected chi connectivity index (χ4v) is 4.13. The third-order valence-corrected chi connectivity index (χ3v) is 5.92. The Morgan fingerprint density at radius 1 is 0.971 bits per heavy atom. The van der Waals surface area contributed by atoms with Crippen molar-refractivity contribution < 1.29 is 43.5 Å². The number of ether oxygens (including phenoxy) is 4. The van der Waals surface area contributed by atoms with Crippen LogP contribution in [0.15, 0.2) is 53.9 Å². The quantitative estimate of drug-likeness (QED) is 0.278.